The smallest absolute Gasteiger partial charge is 0.243 e. The lowest BCUT2D eigenvalue weighted by atomic mass is 10.0. The fourth-order valence-corrected chi connectivity index (χ4v) is 4.77. The highest BCUT2D eigenvalue weighted by Gasteiger charge is 2.30. The minimum absolute atomic E-state index is 0.105. The Morgan fingerprint density at radius 1 is 0.912 bits per heavy atom. The second kappa shape index (κ2) is 13.4. The first kappa shape index (κ1) is 26.1. The maximum atomic E-state index is 13.5. The Labute approximate surface area is 215 Å². The fraction of sp³-hybridized carbons (Fsp3) is 0.259. The summed E-state index contributed by atoms with van der Waals surface area (Å²) in [6, 6.07) is 24.1. The van der Waals surface area contributed by atoms with Gasteiger partial charge in [-0.3, -0.25) is 9.59 Å². The van der Waals surface area contributed by atoms with Crippen molar-refractivity contribution in [2.45, 2.75) is 31.7 Å². The zero-order valence-corrected chi connectivity index (χ0v) is 21.4. The first-order chi connectivity index (χ1) is 16.5. The van der Waals surface area contributed by atoms with Crippen molar-refractivity contribution in [1.82, 2.24) is 10.2 Å². The average molecular weight is 516 g/mol. The van der Waals surface area contributed by atoms with E-state index in [1.54, 1.807) is 11.0 Å². The first-order valence-corrected chi connectivity index (χ1v) is 13.1. The summed E-state index contributed by atoms with van der Waals surface area (Å²) < 4.78 is 0. The van der Waals surface area contributed by atoms with E-state index < -0.39 is 6.04 Å². The standard InChI is InChI=1S/C27H28Cl2N2O2S/c1-2-30-27(33)25(16-20-8-4-3-5-9-20)31(17-22-10-6-7-11-24(22)29)26(32)19-34-18-21-12-14-23(28)15-13-21/h3-15,25H,2,16-19H2,1H3,(H,30,33)/t25-/m1/s1. The Morgan fingerprint density at radius 2 is 1.59 bits per heavy atom. The molecule has 7 heteroatoms. The van der Waals surface area contributed by atoms with Crippen molar-refractivity contribution in [2.24, 2.45) is 0 Å². The molecule has 2 amide bonds. The van der Waals surface area contributed by atoms with Gasteiger partial charge in [-0.2, -0.15) is 0 Å². The molecule has 0 aliphatic carbocycles. The molecule has 0 heterocycles. The van der Waals surface area contributed by atoms with E-state index in [1.165, 1.54) is 11.8 Å². The van der Waals surface area contributed by atoms with Crippen LogP contribution in [0.15, 0.2) is 78.9 Å². The topological polar surface area (TPSA) is 49.4 Å². The van der Waals surface area contributed by atoms with Crippen LogP contribution in [0, 0.1) is 0 Å². The van der Waals surface area contributed by atoms with Crippen LogP contribution in [0.3, 0.4) is 0 Å². The number of carbonyl (C=O) groups is 2. The van der Waals surface area contributed by atoms with E-state index in [0.29, 0.717) is 28.8 Å². The Morgan fingerprint density at radius 3 is 2.26 bits per heavy atom. The van der Waals surface area contributed by atoms with Gasteiger partial charge in [0.2, 0.25) is 11.8 Å². The number of benzene rings is 3. The zero-order valence-electron chi connectivity index (χ0n) is 19.0. The quantitative estimate of drug-likeness (QED) is 0.341. The fourth-order valence-electron chi connectivity index (χ4n) is 3.58. The largest absolute Gasteiger partial charge is 0.355 e. The van der Waals surface area contributed by atoms with E-state index in [2.05, 4.69) is 5.32 Å². The van der Waals surface area contributed by atoms with Crippen LogP contribution < -0.4 is 5.32 Å². The molecule has 1 atom stereocenters. The third-order valence-electron chi connectivity index (χ3n) is 5.33. The predicted octanol–water partition coefficient (Wildman–Crippen LogP) is 6.00. The van der Waals surface area contributed by atoms with Gasteiger partial charge in [0.25, 0.3) is 0 Å². The molecule has 0 saturated carbocycles. The third-order valence-corrected chi connectivity index (χ3v) is 6.94. The normalized spacial score (nSPS) is 11.6. The highest BCUT2D eigenvalue weighted by Crippen LogP contribution is 2.22. The van der Waals surface area contributed by atoms with Gasteiger partial charge in [0.15, 0.2) is 0 Å². The molecule has 4 nitrogen and oxygen atoms in total. The molecule has 178 valence electrons. The van der Waals surface area contributed by atoms with Gasteiger partial charge < -0.3 is 10.2 Å². The van der Waals surface area contributed by atoms with Crippen molar-refractivity contribution < 1.29 is 9.59 Å². The van der Waals surface area contributed by atoms with E-state index in [-0.39, 0.29) is 24.1 Å². The number of likely N-dealkylation sites (N-methyl/N-ethyl adjacent to an activating group) is 1. The lowest BCUT2D eigenvalue weighted by molar-refractivity contribution is -0.139. The van der Waals surface area contributed by atoms with Crippen molar-refractivity contribution in [1.29, 1.82) is 0 Å². The van der Waals surface area contributed by atoms with Crippen LogP contribution in [-0.2, 0) is 28.3 Å². The monoisotopic (exact) mass is 514 g/mol. The molecule has 34 heavy (non-hydrogen) atoms. The van der Waals surface area contributed by atoms with Gasteiger partial charge in [-0.15, -0.1) is 11.8 Å². The minimum Gasteiger partial charge on any atom is -0.355 e. The Balaban J connectivity index is 1.82. The van der Waals surface area contributed by atoms with Gasteiger partial charge in [-0.25, -0.2) is 0 Å². The summed E-state index contributed by atoms with van der Waals surface area (Å²) in [5, 5.41) is 4.16. The number of carbonyl (C=O) groups excluding carboxylic acids is 2. The van der Waals surface area contributed by atoms with E-state index in [4.69, 9.17) is 23.2 Å². The van der Waals surface area contributed by atoms with Gasteiger partial charge in [-0.1, -0.05) is 83.9 Å². The molecule has 0 saturated heterocycles. The summed E-state index contributed by atoms with van der Waals surface area (Å²) in [7, 11) is 0. The molecule has 0 fully saturated rings. The lowest BCUT2D eigenvalue weighted by Crippen LogP contribution is -2.51. The highest BCUT2D eigenvalue weighted by atomic mass is 35.5. The van der Waals surface area contributed by atoms with Crippen molar-refractivity contribution in [3.05, 3.63) is 106 Å². The van der Waals surface area contributed by atoms with Gasteiger partial charge >= 0.3 is 0 Å². The van der Waals surface area contributed by atoms with Crippen LogP contribution in [0.5, 0.6) is 0 Å². The number of hydrogen-bond acceptors (Lipinski definition) is 3. The molecule has 3 rings (SSSR count). The van der Waals surface area contributed by atoms with Crippen molar-refractivity contribution >= 4 is 46.8 Å². The van der Waals surface area contributed by atoms with Crippen LogP contribution in [-0.4, -0.2) is 35.1 Å². The predicted molar refractivity (Wildman–Crippen MR) is 142 cm³/mol. The molecule has 3 aromatic rings. The van der Waals surface area contributed by atoms with Crippen molar-refractivity contribution in [2.75, 3.05) is 12.3 Å². The van der Waals surface area contributed by atoms with Crippen LogP contribution >= 0.6 is 35.0 Å². The molecule has 3 aromatic carbocycles. The minimum atomic E-state index is -0.651. The second-order valence-electron chi connectivity index (χ2n) is 7.83. The first-order valence-electron chi connectivity index (χ1n) is 11.1. The van der Waals surface area contributed by atoms with E-state index >= 15 is 0 Å². The van der Waals surface area contributed by atoms with Gasteiger partial charge in [0.1, 0.15) is 6.04 Å². The highest BCUT2D eigenvalue weighted by molar-refractivity contribution is 7.99. The van der Waals surface area contributed by atoms with Crippen molar-refractivity contribution in [3.63, 3.8) is 0 Å². The van der Waals surface area contributed by atoms with Gasteiger partial charge in [0, 0.05) is 35.3 Å². The molecule has 0 aliphatic heterocycles. The number of nitrogens with zero attached hydrogens (tertiary/aromatic N) is 1. The van der Waals surface area contributed by atoms with Crippen LogP contribution in [0.4, 0.5) is 0 Å². The summed E-state index contributed by atoms with van der Waals surface area (Å²) in [5.74, 6) is 0.644. The molecule has 0 aliphatic rings. The van der Waals surface area contributed by atoms with Gasteiger partial charge in [0.05, 0.1) is 5.75 Å². The SMILES string of the molecule is CCNC(=O)[C@@H](Cc1ccccc1)N(Cc1ccccc1Cl)C(=O)CSCc1ccc(Cl)cc1. The maximum absolute atomic E-state index is 13.5. The van der Waals surface area contributed by atoms with E-state index in [9.17, 15) is 9.59 Å². The number of hydrogen-bond donors (Lipinski definition) is 1. The number of thioether (sulfide) groups is 1. The van der Waals surface area contributed by atoms with Crippen molar-refractivity contribution in [3.8, 4) is 0 Å². The third kappa shape index (κ3) is 7.79. The number of halogens is 2. The molecular weight excluding hydrogens is 487 g/mol. The van der Waals surface area contributed by atoms with Crippen LogP contribution in [0.25, 0.3) is 0 Å². The molecule has 0 bridgehead atoms. The molecule has 0 spiro atoms. The molecular formula is C27H28Cl2N2O2S. The zero-order chi connectivity index (χ0) is 24.3. The molecule has 1 N–H and O–H groups in total. The van der Waals surface area contributed by atoms with E-state index in [1.807, 2.05) is 79.7 Å². The summed E-state index contributed by atoms with van der Waals surface area (Å²) in [5.41, 5.74) is 2.89. The Bertz CT molecular complexity index is 1080. The van der Waals surface area contributed by atoms with Crippen LogP contribution in [0.2, 0.25) is 10.0 Å². The average Bonchev–Trinajstić information content (AvgIpc) is 2.84. The summed E-state index contributed by atoms with van der Waals surface area (Å²) in [4.78, 5) is 28.3. The molecule has 0 aromatic heterocycles. The number of amides is 2. The number of nitrogens with one attached hydrogen (secondary N) is 1. The maximum Gasteiger partial charge on any atom is 0.243 e. The second-order valence-corrected chi connectivity index (χ2v) is 9.66. The molecule has 0 unspecified atom stereocenters. The molecule has 0 radical (unpaired) electrons. The van der Waals surface area contributed by atoms with Crippen LogP contribution in [0.1, 0.15) is 23.6 Å². The summed E-state index contributed by atoms with van der Waals surface area (Å²) in [6.07, 6.45) is 0.421. The summed E-state index contributed by atoms with van der Waals surface area (Å²) >= 11 is 13.9. The number of rotatable bonds is 11. The van der Waals surface area contributed by atoms with E-state index in [0.717, 1.165) is 16.7 Å². The summed E-state index contributed by atoms with van der Waals surface area (Å²) in [6.45, 7) is 2.62. The Hall–Kier alpha value is -2.47. The Kier molecular flexibility index (Phi) is 10.3. The lowest BCUT2D eigenvalue weighted by Gasteiger charge is -2.31. The van der Waals surface area contributed by atoms with Gasteiger partial charge in [-0.05, 0) is 41.8 Å².